The van der Waals surface area contributed by atoms with Crippen LogP contribution in [-0.4, -0.2) is 14.2 Å². The van der Waals surface area contributed by atoms with Gasteiger partial charge in [0.25, 0.3) is 6.08 Å². The second-order valence-corrected chi connectivity index (χ2v) is 5.13. The van der Waals surface area contributed by atoms with E-state index in [1.54, 1.807) is 0 Å². The predicted molar refractivity (Wildman–Crippen MR) is 43.8 cm³/mol. The average molecular weight is 219 g/mol. The highest BCUT2D eigenvalue weighted by Crippen LogP contribution is 2.06. The van der Waals surface area contributed by atoms with Crippen LogP contribution < -0.4 is 0 Å². The van der Waals surface area contributed by atoms with Gasteiger partial charge in [-0.05, 0) is 25.3 Å². The Morgan fingerprint density at radius 2 is 1.92 bits per heavy atom. The molecular formula is C6H9ClF2O2S. The van der Waals surface area contributed by atoms with E-state index in [2.05, 4.69) is 0 Å². The van der Waals surface area contributed by atoms with Crippen LogP contribution >= 0.6 is 10.7 Å². The van der Waals surface area contributed by atoms with Crippen LogP contribution in [-0.2, 0) is 9.05 Å². The van der Waals surface area contributed by atoms with Crippen molar-refractivity contribution in [2.45, 2.75) is 19.3 Å². The number of rotatable bonds is 5. The zero-order valence-electron chi connectivity index (χ0n) is 6.26. The first-order valence-corrected chi connectivity index (χ1v) is 5.83. The smallest absolute Gasteiger partial charge is 0.212 e. The minimum Gasteiger partial charge on any atom is -0.212 e. The average Bonchev–Trinajstić information content (AvgIpc) is 1.83. The first kappa shape index (κ1) is 11.8. The van der Waals surface area contributed by atoms with Crippen LogP contribution in [0.5, 0.6) is 0 Å². The number of unbranched alkanes of at least 4 members (excludes halogenated alkanes) is 2. The fraction of sp³-hybridized carbons (Fsp3) is 0.667. The maximum atomic E-state index is 11.4. The second kappa shape index (κ2) is 5.48. The summed E-state index contributed by atoms with van der Waals surface area (Å²) in [5, 5.41) is 0. The minimum atomic E-state index is -3.46. The molecule has 0 aromatic rings. The number of hydrogen-bond acceptors (Lipinski definition) is 2. The molecule has 2 nitrogen and oxygen atoms in total. The topological polar surface area (TPSA) is 34.1 Å². The van der Waals surface area contributed by atoms with Gasteiger partial charge >= 0.3 is 0 Å². The summed E-state index contributed by atoms with van der Waals surface area (Å²) in [6, 6.07) is 0. The molecule has 72 valence electrons. The van der Waals surface area contributed by atoms with Gasteiger partial charge in [0.05, 0.1) is 5.75 Å². The fourth-order valence-electron chi connectivity index (χ4n) is 0.630. The largest absolute Gasteiger partial charge is 0.266 e. The maximum Gasteiger partial charge on any atom is 0.266 e. The lowest BCUT2D eigenvalue weighted by molar-refractivity contribution is 0.417. The summed E-state index contributed by atoms with van der Waals surface area (Å²) < 4.78 is 43.5. The second-order valence-electron chi connectivity index (χ2n) is 2.23. The molecule has 0 saturated heterocycles. The van der Waals surface area contributed by atoms with Crippen molar-refractivity contribution in [2.24, 2.45) is 0 Å². The van der Waals surface area contributed by atoms with Gasteiger partial charge in [0.15, 0.2) is 0 Å². The number of allylic oxidation sites excluding steroid dienone is 1. The van der Waals surface area contributed by atoms with E-state index in [1.165, 1.54) is 0 Å². The highest BCUT2D eigenvalue weighted by Gasteiger charge is 2.03. The minimum absolute atomic E-state index is 0.156. The van der Waals surface area contributed by atoms with Crippen molar-refractivity contribution in [3.05, 3.63) is 12.2 Å². The molecule has 0 N–H and O–H groups in total. The molecule has 0 fully saturated rings. The molecule has 12 heavy (non-hydrogen) atoms. The van der Waals surface area contributed by atoms with E-state index in [0.717, 1.165) is 6.08 Å². The summed E-state index contributed by atoms with van der Waals surface area (Å²) in [4.78, 5) is 0. The van der Waals surface area contributed by atoms with Crippen molar-refractivity contribution in [2.75, 3.05) is 5.75 Å². The molecule has 6 heteroatoms. The predicted octanol–water partition coefficient (Wildman–Crippen LogP) is 2.51. The van der Waals surface area contributed by atoms with Gasteiger partial charge in [-0.2, -0.15) is 8.78 Å². The summed E-state index contributed by atoms with van der Waals surface area (Å²) in [6.45, 7) is 0. The monoisotopic (exact) mass is 218 g/mol. The standard InChI is InChI=1S/C6H9ClF2O2S/c7-12(10,11)5-3-1-2-4-6(8)9/h4H,1-3,5H2. The van der Waals surface area contributed by atoms with Gasteiger partial charge in [-0.25, -0.2) is 8.42 Å². The molecule has 0 aromatic carbocycles. The Balaban J connectivity index is 3.41. The van der Waals surface area contributed by atoms with Gasteiger partial charge in [-0.15, -0.1) is 0 Å². The van der Waals surface area contributed by atoms with Crippen molar-refractivity contribution >= 4 is 19.7 Å². The van der Waals surface area contributed by atoms with Gasteiger partial charge in [0.1, 0.15) is 0 Å². The third-order valence-electron chi connectivity index (χ3n) is 1.14. The fourth-order valence-corrected chi connectivity index (χ4v) is 1.51. The highest BCUT2D eigenvalue weighted by molar-refractivity contribution is 8.13. The molecule has 0 atom stereocenters. The summed E-state index contributed by atoms with van der Waals surface area (Å²) >= 11 is 0. The molecule has 0 heterocycles. The molecule has 0 bridgehead atoms. The van der Waals surface area contributed by atoms with Gasteiger partial charge < -0.3 is 0 Å². The Morgan fingerprint density at radius 1 is 1.33 bits per heavy atom. The lowest BCUT2D eigenvalue weighted by Crippen LogP contribution is -1.96. The molecule has 0 radical (unpaired) electrons. The summed E-state index contributed by atoms with van der Waals surface area (Å²) in [7, 11) is 1.42. The molecule has 0 rings (SSSR count). The van der Waals surface area contributed by atoms with Gasteiger partial charge in [-0.3, -0.25) is 0 Å². The zero-order valence-corrected chi connectivity index (χ0v) is 7.84. The quantitative estimate of drug-likeness (QED) is 0.525. The summed E-state index contributed by atoms with van der Waals surface area (Å²) in [5.41, 5.74) is 0. The Kier molecular flexibility index (Phi) is 5.41. The van der Waals surface area contributed by atoms with Crippen LogP contribution in [0.1, 0.15) is 19.3 Å². The Morgan fingerprint density at radius 3 is 2.33 bits per heavy atom. The Hall–Kier alpha value is -0.160. The SMILES string of the molecule is O=S(=O)(Cl)CCCCC=C(F)F. The third kappa shape index (κ3) is 9.84. The lowest BCUT2D eigenvalue weighted by Gasteiger charge is -1.93. The van der Waals surface area contributed by atoms with Crippen molar-refractivity contribution < 1.29 is 17.2 Å². The Labute approximate surface area is 74.6 Å². The highest BCUT2D eigenvalue weighted by atomic mass is 35.7. The molecule has 0 saturated carbocycles. The van der Waals surface area contributed by atoms with E-state index in [0.29, 0.717) is 12.8 Å². The van der Waals surface area contributed by atoms with E-state index >= 15 is 0 Å². The van der Waals surface area contributed by atoms with E-state index in [1.807, 2.05) is 0 Å². The van der Waals surface area contributed by atoms with Crippen molar-refractivity contribution in [3.63, 3.8) is 0 Å². The molecule has 0 aliphatic carbocycles. The Bertz CT molecular complexity index is 244. The first-order valence-electron chi connectivity index (χ1n) is 3.35. The normalized spacial score (nSPS) is 11.2. The first-order chi connectivity index (χ1) is 5.42. The van der Waals surface area contributed by atoms with E-state index in [9.17, 15) is 17.2 Å². The molecular weight excluding hydrogens is 210 g/mol. The summed E-state index contributed by atoms with van der Waals surface area (Å²) in [5.74, 6) is -0.156. The molecule has 0 unspecified atom stereocenters. The molecule has 0 spiro atoms. The lowest BCUT2D eigenvalue weighted by atomic mass is 10.2. The van der Waals surface area contributed by atoms with Crippen molar-refractivity contribution in [3.8, 4) is 0 Å². The maximum absolute atomic E-state index is 11.4. The van der Waals surface area contributed by atoms with E-state index in [-0.39, 0.29) is 12.2 Å². The van der Waals surface area contributed by atoms with E-state index < -0.39 is 15.1 Å². The molecule has 0 amide bonds. The van der Waals surface area contributed by atoms with Crippen molar-refractivity contribution in [1.82, 2.24) is 0 Å². The van der Waals surface area contributed by atoms with Crippen LogP contribution in [0.2, 0.25) is 0 Å². The summed E-state index contributed by atoms with van der Waals surface area (Å²) in [6.07, 6.45) is -0.0576. The van der Waals surface area contributed by atoms with Crippen molar-refractivity contribution in [1.29, 1.82) is 0 Å². The van der Waals surface area contributed by atoms with Crippen LogP contribution in [0.15, 0.2) is 12.2 Å². The van der Waals surface area contributed by atoms with Gasteiger partial charge in [0.2, 0.25) is 9.05 Å². The zero-order chi connectivity index (χ0) is 9.61. The van der Waals surface area contributed by atoms with Crippen LogP contribution in [0, 0.1) is 0 Å². The molecule has 0 aliphatic heterocycles. The third-order valence-corrected chi connectivity index (χ3v) is 2.38. The van der Waals surface area contributed by atoms with Crippen LogP contribution in [0.25, 0.3) is 0 Å². The van der Waals surface area contributed by atoms with Gasteiger partial charge in [0, 0.05) is 10.7 Å². The number of halogens is 3. The molecule has 0 aliphatic rings. The van der Waals surface area contributed by atoms with Gasteiger partial charge in [-0.1, -0.05) is 0 Å². The molecule has 0 aromatic heterocycles. The van der Waals surface area contributed by atoms with Crippen LogP contribution in [0.4, 0.5) is 8.78 Å². The van der Waals surface area contributed by atoms with E-state index in [4.69, 9.17) is 10.7 Å². The van der Waals surface area contributed by atoms with Crippen LogP contribution in [0.3, 0.4) is 0 Å². The number of hydrogen-bond donors (Lipinski definition) is 0.